The average molecular weight is 494 g/mol. The lowest BCUT2D eigenvalue weighted by molar-refractivity contribution is 0.542. The first kappa shape index (κ1) is 22.8. The molecular weight excluding hydrogens is 460 g/mol. The van der Waals surface area contributed by atoms with Gasteiger partial charge >= 0.3 is 0 Å². The molecule has 1 saturated carbocycles. The lowest BCUT2D eigenvalue weighted by Crippen LogP contribution is -2.67. The van der Waals surface area contributed by atoms with E-state index in [1.165, 1.54) is 10.4 Å². The van der Waals surface area contributed by atoms with Crippen LogP contribution in [-0.4, -0.2) is 31.3 Å². The van der Waals surface area contributed by atoms with E-state index in [-0.39, 0.29) is 5.04 Å². The second-order valence-corrected chi connectivity index (χ2v) is 18.5. The van der Waals surface area contributed by atoms with E-state index >= 15 is 0 Å². The van der Waals surface area contributed by atoms with Gasteiger partial charge in [-0.25, -0.2) is 8.42 Å². The van der Waals surface area contributed by atoms with Crippen molar-refractivity contribution in [2.24, 2.45) is 0 Å². The van der Waals surface area contributed by atoms with Crippen LogP contribution >= 0.6 is 15.9 Å². The first-order chi connectivity index (χ1) is 13.4. The first-order valence-electron chi connectivity index (χ1n) is 10.3. The van der Waals surface area contributed by atoms with E-state index in [4.69, 9.17) is 0 Å². The summed E-state index contributed by atoms with van der Waals surface area (Å²) >= 11 is 3.50. The zero-order valence-electron chi connectivity index (χ0n) is 18.2. The summed E-state index contributed by atoms with van der Waals surface area (Å²) in [6.07, 6.45) is 1.54. The predicted molar refractivity (Wildman–Crippen MR) is 131 cm³/mol. The van der Waals surface area contributed by atoms with Crippen LogP contribution in [0.1, 0.15) is 47.5 Å². The summed E-state index contributed by atoms with van der Waals surface area (Å²) in [6, 6.07) is 22.0. The maximum atomic E-state index is 13.8. The summed E-state index contributed by atoms with van der Waals surface area (Å²) in [5.74, 6) is 0. The number of rotatable bonds is 7. The van der Waals surface area contributed by atoms with Crippen molar-refractivity contribution in [3.05, 3.63) is 60.7 Å². The molecule has 158 valence electrons. The van der Waals surface area contributed by atoms with Gasteiger partial charge < -0.3 is 0 Å². The highest BCUT2D eigenvalue weighted by Crippen LogP contribution is 2.52. The Bertz CT molecular complexity index is 904. The molecule has 2 nitrogen and oxygen atoms in total. The van der Waals surface area contributed by atoms with Crippen LogP contribution in [0.3, 0.4) is 0 Å². The Labute approximate surface area is 186 Å². The van der Waals surface area contributed by atoms with Crippen molar-refractivity contribution in [1.29, 1.82) is 0 Å². The number of benzene rings is 2. The minimum absolute atomic E-state index is 0.0480. The highest BCUT2D eigenvalue weighted by atomic mass is 79.9. The molecule has 0 unspecified atom stereocenters. The molecule has 29 heavy (non-hydrogen) atoms. The Morgan fingerprint density at radius 2 is 1.28 bits per heavy atom. The molecule has 1 fully saturated rings. The second kappa shape index (κ2) is 7.65. The Kier molecular flexibility index (Phi) is 6.01. The SMILES string of the molecule is CC(C)(C)[Si](CC(C)(C)S(=O)(=O)C1(CBr)CC1)(c1ccccc1)c1ccccc1. The lowest BCUT2D eigenvalue weighted by Gasteiger charge is -2.48. The van der Waals surface area contributed by atoms with Gasteiger partial charge in [0.2, 0.25) is 0 Å². The van der Waals surface area contributed by atoms with Crippen molar-refractivity contribution in [3.63, 3.8) is 0 Å². The maximum Gasteiger partial charge on any atom is 0.161 e. The van der Waals surface area contributed by atoms with E-state index in [1.54, 1.807) is 0 Å². The molecule has 1 aliphatic carbocycles. The molecule has 0 atom stereocenters. The molecule has 0 heterocycles. The molecule has 0 amide bonds. The van der Waals surface area contributed by atoms with Crippen molar-refractivity contribution >= 4 is 44.2 Å². The van der Waals surface area contributed by atoms with Crippen LogP contribution in [0.15, 0.2) is 60.7 Å². The molecule has 3 rings (SSSR count). The zero-order valence-corrected chi connectivity index (χ0v) is 21.6. The van der Waals surface area contributed by atoms with Gasteiger partial charge in [0.25, 0.3) is 0 Å². The van der Waals surface area contributed by atoms with Gasteiger partial charge in [0.05, 0.1) is 9.49 Å². The van der Waals surface area contributed by atoms with Crippen molar-refractivity contribution in [2.75, 3.05) is 5.33 Å². The van der Waals surface area contributed by atoms with Gasteiger partial charge in [-0.05, 0) is 37.8 Å². The molecule has 0 saturated heterocycles. The fraction of sp³-hybridized carbons (Fsp3) is 0.500. The van der Waals surface area contributed by atoms with Crippen molar-refractivity contribution in [1.82, 2.24) is 0 Å². The Balaban J connectivity index is 2.24. The molecule has 0 radical (unpaired) electrons. The van der Waals surface area contributed by atoms with E-state index in [1.807, 2.05) is 26.0 Å². The molecule has 0 N–H and O–H groups in total. The van der Waals surface area contributed by atoms with E-state index in [0.29, 0.717) is 11.4 Å². The third kappa shape index (κ3) is 3.68. The maximum absolute atomic E-state index is 13.8. The quantitative estimate of drug-likeness (QED) is 0.394. The van der Waals surface area contributed by atoms with Gasteiger partial charge in [-0.15, -0.1) is 0 Å². The van der Waals surface area contributed by atoms with Crippen LogP contribution in [0.4, 0.5) is 0 Å². The summed E-state index contributed by atoms with van der Waals surface area (Å²) < 4.78 is 26.3. The Morgan fingerprint density at radius 3 is 1.59 bits per heavy atom. The Morgan fingerprint density at radius 1 is 0.862 bits per heavy atom. The minimum atomic E-state index is -3.30. The summed E-state index contributed by atoms with van der Waals surface area (Å²) in [4.78, 5) is 0. The monoisotopic (exact) mass is 492 g/mol. The molecule has 2 aromatic rings. The van der Waals surface area contributed by atoms with Gasteiger partial charge in [-0.1, -0.05) is 108 Å². The molecular formula is C24H33BrO2SSi. The highest BCUT2D eigenvalue weighted by Gasteiger charge is 2.62. The van der Waals surface area contributed by atoms with Crippen LogP contribution in [0.2, 0.25) is 11.1 Å². The fourth-order valence-corrected chi connectivity index (χ4v) is 15.5. The zero-order chi connectivity index (χ0) is 21.6. The van der Waals surface area contributed by atoms with Crippen LogP contribution in [-0.2, 0) is 9.84 Å². The lowest BCUT2D eigenvalue weighted by atomic mass is 10.2. The Hall–Kier alpha value is -0.913. The molecule has 0 spiro atoms. The van der Waals surface area contributed by atoms with E-state index < -0.39 is 27.4 Å². The summed E-state index contributed by atoms with van der Waals surface area (Å²) in [7, 11) is -5.75. The average Bonchev–Trinajstić information content (AvgIpc) is 3.48. The summed E-state index contributed by atoms with van der Waals surface area (Å²) in [6.45, 7) is 10.8. The summed E-state index contributed by atoms with van der Waals surface area (Å²) in [5, 5.41) is 3.11. The van der Waals surface area contributed by atoms with E-state index in [2.05, 4.69) is 85.2 Å². The normalized spacial score (nSPS) is 17.2. The first-order valence-corrected chi connectivity index (χ1v) is 15.2. The van der Waals surface area contributed by atoms with Crippen molar-refractivity contribution < 1.29 is 8.42 Å². The number of sulfone groups is 1. The fourth-order valence-electron chi connectivity index (χ4n) is 4.88. The topological polar surface area (TPSA) is 34.1 Å². The highest BCUT2D eigenvalue weighted by molar-refractivity contribution is 9.09. The predicted octanol–water partition coefficient (Wildman–Crippen LogP) is 5.17. The third-order valence-electron chi connectivity index (χ3n) is 6.85. The molecule has 1 aliphatic rings. The van der Waals surface area contributed by atoms with Gasteiger partial charge in [0.15, 0.2) is 9.84 Å². The van der Waals surface area contributed by atoms with Crippen molar-refractivity contribution in [3.8, 4) is 0 Å². The number of alkyl halides is 1. The molecule has 0 aromatic heterocycles. The van der Waals surface area contributed by atoms with Crippen molar-refractivity contribution in [2.45, 2.75) is 68.0 Å². The number of hydrogen-bond donors (Lipinski definition) is 0. The van der Waals surface area contributed by atoms with Gasteiger partial charge in [-0.3, -0.25) is 0 Å². The summed E-state index contributed by atoms with van der Waals surface area (Å²) in [5.41, 5.74) is 0. The standard InChI is InChI=1S/C24H33BrO2SSi/c1-22(2,3)29(20-12-8-6-9-13-20,21-14-10-7-11-15-21)19-23(4,5)28(26,27)24(18-25)16-17-24/h6-15H,16-19H2,1-5H3. The largest absolute Gasteiger partial charge is 0.228 e. The number of halogens is 1. The van der Waals surface area contributed by atoms with Gasteiger partial charge in [0, 0.05) is 5.33 Å². The van der Waals surface area contributed by atoms with Crippen LogP contribution < -0.4 is 10.4 Å². The molecule has 2 aromatic carbocycles. The molecule has 0 aliphatic heterocycles. The smallest absolute Gasteiger partial charge is 0.161 e. The number of hydrogen-bond acceptors (Lipinski definition) is 2. The van der Waals surface area contributed by atoms with Crippen LogP contribution in [0.25, 0.3) is 0 Å². The second-order valence-electron chi connectivity index (χ2n) is 10.1. The van der Waals surface area contributed by atoms with Gasteiger partial charge in [0.1, 0.15) is 8.07 Å². The van der Waals surface area contributed by atoms with Gasteiger partial charge in [-0.2, -0.15) is 0 Å². The minimum Gasteiger partial charge on any atom is -0.228 e. The van der Waals surface area contributed by atoms with Crippen LogP contribution in [0, 0.1) is 0 Å². The third-order valence-corrected chi connectivity index (χ3v) is 18.5. The van der Waals surface area contributed by atoms with E-state index in [0.717, 1.165) is 12.8 Å². The molecule has 0 bridgehead atoms. The van der Waals surface area contributed by atoms with Crippen LogP contribution in [0.5, 0.6) is 0 Å². The van der Waals surface area contributed by atoms with E-state index in [9.17, 15) is 8.42 Å². The molecule has 5 heteroatoms.